The van der Waals surface area contributed by atoms with Gasteiger partial charge in [-0.2, -0.15) is 0 Å². The molecule has 0 bridgehead atoms. The van der Waals surface area contributed by atoms with Gasteiger partial charge in [0.2, 0.25) is 0 Å². The number of aryl methyl sites for hydroxylation is 1. The zero-order valence-electron chi connectivity index (χ0n) is 10.8. The summed E-state index contributed by atoms with van der Waals surface area (Å²) in [5.41, 5.74) is 1.91. The Bertz CT molecular complexity index is 813. The molecule has 0 N–H and O–H groups in total. The Morgan fingerprint density at radius 1 is 1.40 bits per heavy atom. The van der Waals surface area contributed by atoms with Crippen LogP contribution in [0.2, 0.25) is 5.15 Å². The highest BCUT2D eigenvalue weighted by Gasteiger charge is 2.17. The minimum atomic E-state index is -0.814. The average Bonchev–Trinajstić information content (AvgIpc) is 2.45. The van der Waals surface area contributed by atoms with Crippen LogP contribution in [0.1, 0.15) is 12.0 Å². The summed E-state index contributed by atoms with van der Waals surface area (Å²) >= 11 is 6.08. The molecule has 5 nitrogen and oxygen atoms in total. The first-order valence-corrected chi connectivity index (χ1v) is 7.99. The van der Waals surface area contributed by atoms with Gasteiger partial charge in [-0.1, -0.05) is 17.7 Å². The molecule has 3 rings (SSSR count). The average molecular weight is 310 g/mol. The highest BCUT2D eigenvalue weighted by atomic mass is 35.5. The van der Waals surface area contributed by atoms with Crippen molar-refractivity contribution in [3.63, 3.8) is 0 Å². The predicted molar refractivity (Wildman–Crippen MR) is 80.3 cm³/mol. The molecule has 0 saturated heterocycles. The molecular weight excluding hydrogens is 298 g/mol. The smallest absolute Gasteiger partial charge is 0.259 e. The van der Waals surface area contributed by atoms with E-state index in [1.807, 2.05) is 6.08 Å². The van der Waals surface area contributed by atoms with E-state index in [4.69, 9.17) is 11.6 Å². The Morgan fingerprint density at radius 3 is 2.90 bits per heavy atom. The van der Waals surface area contributed by atoms with Crippen LogP contribution in [0.5, 0.6) is 0 Å². The Hall–Kier alpha value is -1.53. The van der Waals surface area contributed by atoms with Crippen molar-refractivity contribution in [2.75, 3.05) is 11.5 Å². The number of halogens is 1. The van der Waals surface area contributed by atoms with Crippen LogP contribution < -0.4 is 5.56 Å². The fraction of sp³-hybridized carbons (Fsp3) is 0.308. The van der Waals surface area contributed by atoms with Crippen LogP contribution in [0.25, 0.3) is 16.6 Å². The molecule has 0 fully saturated rings. The first-order valence-electron chi connectivity index (χ1n) is 6.12. The van der Waals surface area contributed by atoms with Crippen molar-refractivity contribution in [1.29, 1.82) is 0 Å². The third kappa shape index (κ3) is 2.19. The fourth-order valence-electron chi connectivity index (χ4n) is 2.32. The van der Waals surface area contributed by atoms with E-state index in [1.165, 1.54) is 10.9 Å². The van der Waals surface area contributed by atoms with Crippen molar-refractivity contribution in [3.05, 3.63) is 39.5 Å². The molecule has 0 aliphatic carbocycles. The minimum Gasteiger partial charge on any atom is -0.295 e. The maximum atomic E-state index is 12.4. The largest absolute Gasteiger partial charge is 0.295 e. The van der Waals surface area contributed by atoms with Gasteiger partial charge in [0.05, 0.1) is 5.39 Å². The van der Waals surface area contributed by atoms with Crippen molar-refractivity contribution < 1.29 is 4.21 Å². The van der Waals surface area contributed by atoms with E-state index in [1.54, 1.807) is 13.1 Å². The molecule has 1 atom stereocenters. The monoisotopic (exact) mass is 309 g/mol. The van der Waals surface area contributed by atoms with Gasteiger partial charge in [-0.15, -0.1) is 0 Å². The van der Waals surface area contributed by atoms with E-state index < -0.39 is 10.8 Å². The van der Waals surface area contributed by atoms with Gasteiger partial charge in [-0.3, -0.25) is 13.6 Å². The highest BCUT2D eigenvalue weighted by Crippen LogP contribution is 2.24. The van der Waals surface area contributed by atoms with Gasteiger partial charge < -0.3 is 0 Å². The van der Waals surface area contributed by atoms with Gasteiger partial charge in [0.25, 0.3) is 5.56 Å². The highest BCUT2D eigenvalue weighted by molar-refractivity contribution is 7.85. The number of hydrogen-bond donors (Lipinski definition) is 0. The van der Waals surface area contributed by atoms with Crippen molar-refractivity contribution >= 4 is 39.0 Å². The van der Waals surface area contributed by atoms with Gasteiger partial charge in [0, 0.05) is 34.9 Å². The molecule has 0 amide bonds. The van der Waals surface area contributed by atoms with E-state index in [9.17, 15) is 9.00 Å². The molecule has 20 heavy (non-hydrogen) atoms. The molecule has 2 aromatic rings. The summed E-state index contributed by atoms with van der Waals surface area (Å²) in [5.74, 6) is 1.08. The molecule has 1 unspecified atom stereocenters. The summed E-state index contributed by atoms with van der Waals surface area (Å²) in [6.07, 6.45) is 3.85. The fourth-order valence-corrected chi connectivity index (χ4v) is 3.50. The summed E-state index contributed by atoms with van der Waals surface area (Å²) in [4.78, 5) is 20.5. The lowest BCUT2D eigenvalue weighted by Gasteiger charge is -2.14. The number of pyridine rings is 1. The lowest BCUT2D eigenvalue weighted by Crippen LogP contribution is -2.23. The maximum Gasteiger partial charge on any atom is 0.259 e. The van der Waals surface area contributed by atoms with Gasteiger partial charge in [-0.25, -0.2) is 9.97 Å². The molecular formula is C13H12ClN3O2S. The van der Waals surface area contributed by atoms with Crippen molar-refractivity contribution in [2.24, 2.45) is 7.05 Å². The number of fused-ring (bicyclic) bond motifs is 1. The van der Waals surface area contributed by atoms with Crippen LogP contribution in [0.3, 0.4) is 0 Å². The Labute approximate surface area is 122 Å². The molecule has 104 valence electrons. The van der Waals surface area contributed by atoms with Gasteiger partial charge in [-0.05, 0) is 18.1 Å². The van der Waals surface area contributed by atoms with Crippen LogP contribution >= 0.6 is 11.6 Å². The molecule has 0 aromatic carbocycles. The zero-order valence-corrected chi connectivity index (χ0v) is 12.4. The second kappa shape index (κ2) is 5.10. The molecule has 1 aliphatic rings. The van der Waals surface area contributed by atoms with Crippen LogP contribution in [0.15, 0.2) is 23.3 Å². The van der Waals surface area contributed by atoms with Gasteiger partial charge in [0.1, 0.15) is 17.1 Å². The molecule has 2 aromatic heterocycles. The molecule has 0 saturated carbocycles. The van der Waals surface area contributed by atoms with Crippen LogP contribution in [-0.2, 0) is 17.8 Å². The second-order valence-electron chi connectivity index (χ2n) is 4.61. The third-order valence-corrected chi connectivity index (χ3v) is 4.92. The SMILES string of the molecule is Cn1c(=O)c(C2=CCS(=O)CC2)cc2c(Cl)ncnc21. The Morgan fingerprint density at radius 2 is 2.20 bits per heavy atom. The first-order chi connectivity index (χ1) is 9.58. The van der Waals surface area contributed by atoms with Crippen LogP contribution in [0.4, 0.5) is 0 Å². The summed E-state index contributed by atoms with van der Waals surface area (Å²) in [7, 11) is 0.852. The standard InChI is InChI=1S/C13H12ClN3O2S/c1-17-12-10(11(14)15-7-16-12)6-9(13(17)18)8-2-4-20(19)5-3-8/h2,6-7H,3-5H2,1H3. The lowest BCUT2D eigenvalue weighted by atomic mass is 10.0. The second-order valence-corrected chi connectivity index (χ2v) is 6.59. The molecule has 7 heteroatoms. The normalized spacial score (nSPS) is 19.1. The summed E-state index contributed by atoms with van der Waals surface area (Å²) in [6, 6.07) is 1.74. The Balaban J connectivity index is 2.27. The zero-order chi connectivity index (χ0) is 14.3. The topological polar surface area (TPSA) is 64.8 Å². The lowest BCUT2D eigenvalue weighted by molar-refractivity contribution is 0.684. The number of aromatic nitrogens is 3. The molecule has 3 heterocycles. The molecule has 0 radical (unpaired) electrons. The minimum absolute atomic E-state index is 0.119. The first kappa shape index (κ1) is 13.5. The Kier molecular flexibility index (Phi) is 3.43. The molecule has 0 spiro atoms. The predicted octanol–water partition coefficient (Wildman–Crippen LogP) is 1.52. The van der Waals surface area contributed by atoms with E-state index in [0.717, 1.165) is 5.57 Å². The summed E-state index contributed by atoms with van der Waals surface area (Å²) in [5, 5.41) is 0.977. The third-order valence-electron chi connectivity index (χ3n) is 3.42. The summed E-state index contributed by atoms with van der Waals surface area (Å²) < 4.78 is 12.9. The number of hydrogen-bond acceptors (Lipinski definition) is 4. The van der Waals surface area contributed by atoms with Gasteiger partial charge in [0.15, 0.2) is 0 Å². The van der Waals surface area contributed by atoms with Crippen molar-refractivity contribution in [1.82, 2.24) is 14.5 Å². The van der Waals surface area contributed by atoms with Gasteiger partial charge >= 0.3 is 0 Å². The maximum absolute atomic E-state index is 12.4. The number of rotatable bonds is 1. The van der Waals surface area contributed by atoms with E-state index in [-0.39, 0.29) is 5.56 Å². The van der Waals surface area contributed by atoms with Crippen LogP contribution in [-0.4, -0.2) is 30.2 Å². The number of allylic oxidation sites excluding steroid dienone is 1. The van der Waals surface area contributed by atoms with Crippen LogP contribution in [0, 0.1) is 0 Å². The van der Waals surface area contributed by atoms with Crippen molar-refractivity contribution in [2.45, 2.75) is 6.42 Å². The van der Waals surface area contributed by atoms with E-state index in [2.05, 4.69) is 9.97 Å². The molecule has 1 aliphatic heterocycles. The number of nitrogens with zero attached hydrogens (tertiary/aromatic N) is 3. The summed E-state index contributed by atoms with van der Waals surface area (Å²) in [6.45, 7) is 0. The quantitative estimate of drug-likeness (QED) is 0.749. The van der Waals surface area contributed by atoms with E-state index in [0.29, 0.717) is 39.7 Å². The van der Waals surface area contributed by atoms with Crippen molar-refractivity contribution in [3.8, 4) is 0 Å². The van der Waals surface area contributed by atoms with E-state index >= 15 is 0 Å².